The summed E-state index contributed by atoms with van der Waals surface area (Å²) in [4.78, 5) is 11.7. The molecule has 0 aliphatic heterocycles. The number of hydrogen-bond donors (Lipinski definition) is 1. The summed E-state index contributed by atoms with van der Waals surface area (Å²) in [5.41, 5.74) is 2.14. The van der Waals surface area contributed by atoms with Crippen LogP contribution in [0.3, 0.4) is 0 Å². The summed E-state index contributed by atoms with van der Waals surface area (Å²) < 4.78 is 1.54. The number of carbonyl (C=O) groups excluding carboxylic acids is 1. The Balaban J connectivity index is 1.98. The zero-order valence-electron chi connectivity index (χ0n) is 9.84. The van der Waals surface area contributed by atoms with Crippen molar-refractivity contribution >= 4 is 11.7 Å². The molecule has 0 atom stereocenters. The summed E-state index contributed by atoms with van der Waals surface area (Å²) in [6.07, 6.45) is 2.01. The average molecular weight is 230 g/mol. The first-order valence-corrected chi connectivity index (χ1v) is 5.35. The van der Waals surface area contributed by atoms with Crippen LogP contribution in [0.4, 0.5) is 5.82 Å². The van der Waals surface area contributed by atoms with E-state index in [4.69, 9.17) is 0 Å². The smallest absolute Gasteiger partial charge is 0.230 e. The average Bonchev–Trinajstić information content (AvgIpc) is 2.63. The van der Waals surface area contributed by atoms with Gasteiger partial charge in [-0.1, -0.05) is 35.0 Å². The maximum Gasteiger partial charge on any atom is 0.230 e. The number of aryl methyl sites for hydroxylation is 2. The molecule has 17 heavy (non-hydrogen) atoms. The minimum absolute atomic E-state index is 0.0869. The number of aromatic nitrogens is 3. The van der Waals surface area contributed by atoms with Gasteiger partial charge in [0.1, 0.15) is 0 Å². The molecule has 0 saturated heterocycles. The summed E-state index contributed by atoms with van der Waals surface area (Å²) in [6, 6.07) is 7.88. The number of carbonyl (C=O) groups is 1. The molecule has 1 heterocycles. The molecule has 1 amide bonds. The van der Waals surface area contributed by atoms with Crippen LogP contribution in [0, 0.1) is 6.92 Å². The van der Waals surface area contributed by atoms with Crippen molar-refractivity contribution < 1.29 is 4.79 Å². The Morgan fingerprint density at radius 3 is 2.94 bits per heavy atom. The van der Waals surface area contributed by atoms with E-state index in [0.717, 1.165) is 11.1 Å². The van der Waals surface area contributed by atoms with E-state index < -0.39 is 0 Å². The van der Waals surface area contributed by atoms with Gasteiger partial charge in [-0.05, 0) is 12.5 Å². The van der Waals surface area contributed by atoms with Gasteiger partial charge >= 0.3 is 0 Å². The molecule has 0 bridgehead atoms. The van der Waals surface area contributed by atoms with E-state index >= 15 is 0 Å². The van der Waals surface area contributed by atoms with E-state index in [-0.39, 0.29) is 5.91 Å². The Kier molecular flexibility index (Phi) is 3.18. The number of benzene rings is 1. The van der Waals surface area contributed by atoms with E-state index in [1.54, 1.807) is 17.9 Å². The van der Waals surface area contributed by atoms with Crippen LogP contribution in [0.15, 0.2) is 30.5 Å². The molecule has 1 aromatic carbocycles. The second-order valence-corrected chi connectivity index (χ2v) is 3.99. The minimum atomic E-state index is -0.0869. The van der Waals surface area contributed by atoms with Gasteiger partial charge < -0.3 is 5.32 Å². The molecule has 2 aromatic rings. The third-order valence-electron chi connectivity index (χ3n) is 2.32. The van der Waals surface area contributed by atoms with Crippen molar-refractivity contribution in [1.29, 1.82) is 0 Å². The van der Waals surface area contributed by atoms with Crippen molar-refractivity contribution in [1.82, 2.24) is 15.0 Å². The summed E-state index contributed by atoms with van der Waals surface area (Å²) in [5.74, 6) is 0.390. The van der Waals surface area contributed by atoms with Crippen LogP contribution in [0.5, 0.6) is 0 Å². The Bertz CT molecular complexity index is 533. The summed E-state index contributed by atoms with van der Waals surface area (Å²) in [7, 11) is 1.75. The molecule has 1 N–H and O–H groups in total. The van der Waals surface area contributed by atoms with Crippen molar-refractivity contribution in [3.05, 3.63) is 41.6 Å². The molecule has 0 spiro atoms. The fraction of sp³-hybridized carbons (Fsp3) is 0.250. The van der Waals surface area contributed by atoms with Gasteiger partial charge in [-0.2, -0.15) is 0 Å². The maximum atomic E-state index is 11.7. The zero-order chi connectivity index (χ0) is 12.3. The summed E-state index contributed by atoms with van der Waals surface area (Å²) in [6.45, 7) is 2.00. The van der Waals surface area contributed by atoms with E-state index in [2.05, 4.69) is 15.6 Å². The SMILES string of the molecule is Cc1cccc(CC(=O)Nc2cn(C)nn2)c1. The summed E-state index contributed by atoms with van der Waals surface area (Å²) in [5, 5.41) is 10.2. The quantitative estimate of drug-likeness (QED) is 0.864. The highest BCUT2D eigenvalue weighted by atomic mass is 16.1. The predicted molar refractivity (Wildman–Crippen MR) is 64.5 cm³/mol. The first kappa shape index (κ1) is 11.3. The third-order valence-corrected chi connectivity index (χ3v) is 2.32. The lowest BCUT2D eigenvalue weighted by atomic mass is 10.1. The molecular formula is C12H14N4O. The zero-order valence-corrected chi connectivity index (χ0v) is 9.84. The molecular weight excluding hydrogens is 216 g/mol. The monoisotopic (exact) mass is 230 g/mol. The summed E-state index contributed by atoms with van der Waals surface area (Å²) >= 11 is 0. The van der Waals surface area contributed by atoms with Crippen molar-refractivity contribution in [2.45, 2.75) is 13.3 Å². The largest absolute Gasteiger partial charge is 0.308 e. The van der Waals surface area contributed by atoms with Crippen molar-refractivity contribution in [3.8, 4) is 0 Å². The Morgan fingerprint density at radius 1 is 1.47 bits per heavy atom. The first-order chi connectivity index (χ1) is 8.13. The van der Waals surface area contributed by atoms with Gasteiger partial charge in [0.2, 0.25) is 5.91 Å². The van der Waals surface area contributed by atoms with Gasteiger partial charge in [0.15, 0.2) is 5.82 Å². The molecule has 0 radical (unpaired) electrons. The van der Waals surface area contributed by atoms with Gasteiger partial charge in [0.05, 0.1) is 12.6 Å². The van der Waals surface area contributed by atoms with Gasteiger partial charge in [0, 0.05) is 7.05 Å². The molecule has 0 aliphatic rings. The molecule has 5 nitrogen and oxygen atoms in total. The molecule has 0 aliphatic carbocycles. The van der Waals surface area contributed by atoms with Crippen LogP contribution < -0.4 is 5.32 Å². The second kappa shape index (κ2) is 4.78. The highest BCUT2D eigenvalue weighted by molar-refractivity contribution is 5.91. The number of rotatable bonds is 3. The molecule has 1 aromatic heterocycles. The first-order valence-electron chi connectivity index (χ1n) is 5.35. The van der Waals surface area contributed by atoms with Gasteiger partial charge in [-0.15, -0.1) is 5.10 Å². The lowest BCUT2D eigenvalue weighted by Crippen LogP contribution is -2.14. The van der Waals surface area contributed by atoms with Crippen molar-refractivity contribution in [2.24, 2.45) is 7.05 Å². The van der Waals surface area contributed by atoms with E-state index in [1.165, 1.54) is 0 Å². The molecule has 2 rings (SSSR count). The molecule has 0 fully saturated rings. The predicted octanol–water partition coefficient (Wildman–Crippen LogP) is 1.30. The van der Waals surface area contributed by atoms with Gasteiger partial charge in [-0.3, -0.25) is 9.48 Å². The number of hydrogen-bond acceptors (Lipinski definition) is 3. The lowest BCUT2D eigenvalue weighted by molar-refractivity contribution is -0.115. The molecule has 5 heteroatoms. The molecule has 0 unspecified atom stereocenters. The molecule has 88 valence electrons. The van der Waals surface area contributed by atoms with Crippen LogP contribution in [0.1, 0.15) is 11.1 Å². The maximum absolute atomic E-state index is 11.7. The van der Waals surface area contributed by atoms with Crippen LogP contribution >= 0.6 is 0 Å². The van der Waals surface area contributed by atoms with Crippen molar-refractivity contribution in [3.63, 3.8) is 0 Å². The highest BCUT2D eigenvalue weighted by Crippen LogP contribution is 2.06. The van der Waals surface area contributed by atoms with Gasteiger partial charge in [0.25, 0.3) is 0 Å². The van der Waals surface area contributed by atoms with Crippen molar-refractivity contribution in [2.75, 3.05) is 5.32 Å². The molecule has 0 saturated carbocycles. The van der Waals surface area contributed by atoms with Crippen LogP contribution in [0.2, 0.25) is 0 Å². The number of amides is 1. The second-order valence-electron chi connectivity index (χ2n) is 3.99. The van der Waals surface area contributed by atoms with E-state index in [1.807, 2.05) is 31.2 Å². The lowest BCUT2D eigenvalue weighted by Gasteiger charge is -2.02. The van der Waals surface area contributed by atoms with Crippen LogP contribution in [-0.2, 0) is 18.3 Å². The van der Waals surface area contributed by atoms with Crippen LogP contribution in [0.25, 0.3) is 0 Å². The van der Waals surface area contributed by atoms with Gasteiger partial charge in [-0.25, -0.2) is 0 Å². The highest BCUT2D eigenvalue weighted by Gasteiger charge is 2.06. The number of nitrogens with one attached hydrogen (secondary N) is 1. The number of anilines is 1. The fourth-order valence-electron chi connectivity index (χ4n) is 1.60. The fourth-order valence-corrected chi connectivity index (χ4v) is 1.60. The van der Waals surface area contributed by atoms with E-state index in [9.17, 15) is 4.79 Å². The Labute approximate surface area is 99.5 Å². The number of nitrogens with zero attached hydrogens (tertiary/aromatic N) is 3. The van der Waals surface area contributed by atoms with Crippen LogP contribution in [-0.4, -0.2) is 20.9 Å². The van der Waals surface area contributed by atoms with E-state index in [0.29, 0.717) is 12.2 Å². The minimum Gasteiger partial charge on any atom is -0.308 e. The topological polar surface area (TPSA) is 59.8 Å². The normalized spacial score (nSPS) is 10.2. The standard InChI is InChI=1S/C12H14N4O/c1-9-4-3-5-10(6-9)7-12(17)13-11-8-16(2)15-14-11/h3-6,8H,7H2,1-2H3,(H,13,17). The third kappa shape index (κ3) is 3.14. The Morgan fingerprint density at radius 2 is 2.29 bits per heavy atom. The Hall–Kier alpha value is -2.17.